The maximum Gasteiger partial charge on any atom is 0.359 e. The van der Waals surface area contributed by atoms with Gasteiger partial charge >= 0.3 is 8.46 Å². The van der Waals surface area contributed by atoms with E-state index in [1.807, 2.05) is 25.2 Å². The van der Waals surface area contributed by atoms with Crippen molar-refractivity contribution in [1.82, 2.24) is 0 Å². The number of allylic oxidation sites excluding steroid dienone is 4. The highest BCUT2D eigenvalue weighted by molar-refractivity contribution is 9.12. The molecule has 0 N–H and O–H groups in total. The molecule has 1 aliphatic carbocycles. The molecule has 60 valence electrons. The summed E-state index contributed by atoms with van der Waals surface area (Å²) >= 11 is 7.01. The van der Waals surface area contributed by atoms with Gasteiger partial charge in [-0.3, -0.25) is 0 Å². The Morgan fingerprint density at radius 1 is 1.73 bits per heavy atom. The second kappa shape index (κ2) is 3.51. The highest BCUT2D eigenvalue weighted by atomic mass is 79.9. The maximum absolute atomic E-state index is 10.7. The highest BCUT2D eigenvalue weighted by Crippen LogP contribution is 2.40. The Hall–Kier alpha value is 0.540. The SMILES string of the molecule is CC1(Br)C=CC=C([PH+]=O)C1Br. The second-order valence-corrected chi connectivity index (χ2v) is 6.00. The topological polar surface area (TPSA) is 17.1 Å². The lowest BCUT2D eigenvalue weighted by molar-refractivity contribution is 0.600. The van der Waals surface area contributed by atoms with Gasteiger partial charge in [-0.05, 0) is 13.0 Å². The summed E-state index contributed by atoms with van der Waals surface area (Å²) in [5.41, 5.74) is 0. The Morgan fingerprint density at radius 3 is 2.82 bits per heavy atom. The molecule has 0 aliphatic heterocycles. The van der Waals surface area contributed by atoms with E-state index in [9.17, 15) is 4.57 Å². The van der Waals surface area contributed by atoms with E-state index < -0.39 is 0 Å². The molecule has 4 heteroatoms. The van der Waals surface area contributed by atoms with Gasteiger partial charge in [0.2, 0.25) is 0 Å². The summed E-state index contributed by atoms with van der Waals surface area (Å²) in [7, 11) is -0.363. The third-order valence-corrected chi connectivity index (χ3v) is 5.48. The molecular formula is C7H8Br2OP+. The zero-order valence-corrected chi connectivity index (χ0v) is 10.1. The number of halogens is 2. The summed E-state index contributed by atoms with van der Waals surface area (Å²) in [4.78, 5) is 0.135. The first-order valence-electron chi connectivity index (χ1n) is 3.18. The van der Waals surface area contributed by atoms with Crippen LogP contribution in [0.1, 0.15) is 6.92 Å². The summed E-state index contributed by atoms with van der Waals surface area (Å²) in [5, 5.41) is 0.923. The minimum atomic E-state index is -0.363. The van der Waals surface area contributed by atoms with Gasteiger partial charge in [0.1, 0.15) is 4.83 Å². The summed E-state index contributed by atoms with van der Waals surface area (Å²) in [6, 6.07) is 0. The third kappa shape index (κ3) is 2.01. The molecule has 3 atom stereocenters. The molecule has 1 aliphatic rings. The molecule has 11 heavy (non-hydrogen) atoms. The van der Waals surface area contributed by atoms with Gasteiger partial charge in [-0.1, -0.05) is 48.6 Å². The minimum absolute atomic E-state index is 0.103. The van der Waals surface area contributed by atoms with E-state index in [4.69, 9.17) is 0 Å². The Bertz CT molecular complexity index is 233. The van der Waals surface area contributed by atoms with Gasteiger partial charge < -0.3 is 0 Å². The molecule has 1 nitrogen and oxygen atoms in total. The van der Waals surface area contributed by atoms with Crippen molar-refractivity contribution in [2.75, 3.05) is 0 Å². The number of rotatable bonds is 1. The first kappa shape index (κ1) is 9.63. The Kier molecular flexibility index (Phi) is 3.07. The largest absolute Gasteiger partial charge is 0.359 e. The molecule has 0 fully saturated rings. The van der Waals surface area contributed by atoms with E-state index in [-0.39, 0.29) is 17.6 Å². The minimum Gasteiger partial charge on any atom is -0.0793 e. The lowest BCUT2D eigenvalue weighted by atomic mass is 10.0. The monoisotopic (exact) mass is 297 g/mol. The van der Waals surface area contributed by atoms with Crippen LogP contribution in [-0.4, -0.2) is 9.15 Å². The maximum atomic E-state index is 10.7. The predicted molar refractivity (Wildman–Crippen MR) is 56.3 cm³/mol. The summed E-state index contributed by atoms with van der Waals surface area (Å²) in [5.74, 6) is 0. The normalized spacial score (nSPS) is 37.4. The molecular weight excluding hydrogens is 291 g/mol. The number of hydrogen-bond donors (Lipinski definition) is 0. The number of alkyl halides is 2. The molecule has 0 heterocycles. The first-order chi connectivity index (χ1) is 5.08. The van der Waals surface area contributed by atoms with Crippen LogP contribution in [0.15, 0.2) is 23.5 Å². The van der Waals surface area contributed by atoms with Crippen molar-refractivity contribution in [2.45, 2.75) is 16.1 Å². The van der Waals surface area contributed by atoms with Gasteiger partial charge in [0.15, 0.2) is 5.31 Å². The Labute approximate surface area is 84.4 Å². The van der Waals surface area contributed by atoms with Gasteiger partial charge in [0, 0.05) is 0 Å². The molecule has 0 radical (unpaired) electrons. The standard InChI is InChI=1S/C7H7Br2OP/c1-7(9)4-2-3-5(11-10)6(7)8/h2-4,6H,1H3/p+1. The van der Waals surface area contributed by atoms with E-state index in [0.717, 1.165) is 5.31 Å². The molecule has 0 aromatic rings. The molecule has 0 aromatic carbocycles. The fourth-order valence-electron chi connectivity index (χ4n) is 0.899. The van der Waals surface area contributed by atoms with Crippen molar-refractivity contribution in [1.29, 1.82) is 0 Å². The Morgan fingerprint density at radius 2 is 2.36 bits per heavy atom. The average molecular weight is 299 g/mol. The lowest BCUT2D eigenvalue weighted by Crippen LogP contribution is -2.27. The van der Waals surface area contributed by atoms with Gasteiger partial charge in [-0.15, -0.1) is 0 Å². The lowest BCUT2D eigenvalue weighted by Gasteiger charge is -2.23. The van der Waals surface area contributed by atoms with Crippen molar-refractivity contribution in [3.8, 4) is 0 Å². The summed E-state index contributed by atoms with van der Waals surface area (Å²) < 4.78 is 10.6. The summed E-state index contributed by atoms with van der Waals surface area (Å²) in [6.07, 6.45) is 5.84. The smallest absolute Gasteiger partial charge is 0.0793 e. The molecule has 0 bridgehead atoms. The Balaban J connectivity index is 2.94. The molecule has 0 aromatic heterocycles. The van der Waals surface area contributed by atoms with E-state index in [0.29, 0.717) is 0 Å². The number of hydrogen-bond acceptors (Lipinski definition) is 1. The predicted octanol–water partition coefficient (Wildman–Crippen LogP) is 3.38. The van der Waals surface area contributed by atoms with Crippen molar-refractivity contribution in [2.24, 2.45) is 0 Å². The second-order valence-electron chi connectivity index (χ2n) is 2.60. The fourth-order valence-corrected chi connectivity index (χ4v) is 2.66. The van der Waals surface area contributed by atoms with Gasteiger partial charge in [0.05, 0.1) is 4.32 Å². The zero-order chi connectivity index (χ0) is 8.48. The van der Waals surface area contributed by atoms with Crippen LogP contribution in [0.5, 0.6) is 0 Å². The van der Waals surface area contributed by atoms with E-state index >= 15 is 0 Å². The van der Waals surface area contributed by atoms with Crippen LogP contribution in [0.25, 0.3) is 0 Å². The van der Waals surface area contributed by atoms with E-state index in [1.54, 1.807) is 0 Å². The van der Waals surface area contributed by atoms with Gasteiger partial charge in [0.25, 0.3) is 0 Å². The quantitative estimate of drug-likeness (QED) is 0.536. The van der Waals surface area contributed by atoms with Crippen molar-refractivity contribution in [3.63, 3.8) is 0 Å². The summed E-state index contributed by atoms with van der Waals surface area (Å²) in [6.45, 7) is 2.04. The van der Waals surface area contributed by atoms with Crippen LogP contribution in [0, 0.1) is 0 Å². The van der Waals surface area contributed by atoms with Crippen LogP contribution in [0.4, 0.5) is 0 Å². The van der Waals surface area contributed by atoms with Gasteiger partial charge in [-0.25, -0.2) is 0 Å². The van der Waals surface area contributed by atoms with Crippen LogP contribution < -0.4 is 0 Å². The van der Waals surface area contributed by atoms with Crippen LogP contribution in [0.3, 0.4) is 0 Å². The fraction of sp³-hybridized carbons (Fsp3) is 0.429. The molecule has 0 spiro atoms. The van der Waals surface area contributed by atoms with Crippen LogP contribution in [-0.2, 0) is 4.57 Å². The molecule has 3 unspecified atom stereocenters. The molecule has 0 amide bonds. The van der Waals surface area contributed by atoms with Crippen molar-refractivity contribution in [3.05, 3.63) is 23.5 Å². The molecule has 0 saturated heterocycles. The van der Waals surface area contributed by atoms with E-state index in [2.05, 4.69) is 31.9 Å². The average Bonchev–Trinajstić information content (AvgIpc) is 1.95. The van der Waals surface area contributed by atoms with Gasteiger partial charge in [-0.2, -0.15) is 0 Å². The first-order valence-corrected chi connectivity index (χ1v) is 5.80. The highest BCUT2D eigenvalue weighted by Gasteiger charge is 2.35. The van der Waals surface area contributed by atoms with Crippen LogP contribution >= 0.6 is 40.3 Å². The van der Waals surface area contributed by atoms with Crippen molar-refractivity contribution >= 4 is 40.3 Å². The zero-order valence-electron chi connectivity index (χ0n) is 5.97. The van der Waals surface area contributed by atoms with Crippen molar-refractivity contribution < 1.29 is 4.57 Å². The van der Waals surface area contributed by atoms with E-state index in [1.165, 1.54) is 0 Å². The molecule has 1 rings (SSSR count). The third-order valence-electron chi connectivity index (χ3n) is 1.58. The molecule has 0 saturated carbocycles. The van der Waals surface area contributed by atoms with Crippen LogP contribution in [0.2, 0.25) is 0 Å².